The number of hydrogen-bond donors (Lipinski definition) is 0. The highest BCUT2D eigenvalue weighted by atomic mass is 35.5. The van der Waals surface area contributed by atoms with Crippen LogP contribution in [-0.2, 0) is 16.6 Å². The first-order chi connectivity index (χ1) is 13.8. The van der Waals surface area contributed by atoms with Gasteiger partial charge in [-0.15, -0.1) is 4.40 Å². The molecule has 1 fully saturated rings. The number of rotatable bonds is 3. The Hall–Kier alpha value is -2.38. The predicted octanol–water partition coefficient (Wildman–Crippen LogP) is 4.09. The third kappa shape index (κ3) is 4.02. The lowest BCUT2D eigenvalue weighted by molar-refractivity contribution is 0.0785. The third-order valence-electron chi connectivity index (χ3n) is 5.27. The highest BCUT2D eigenvalue weighted by Gasteiger charge is 2.32. The summed E-state index contributed by atoms with van der Waals surface area (Å²) in [4.78, 5) is 16.5. The molecule has 2 aliphatic rings. The summed E-state index contributed by atoms with van der Waals surface area (Å²) in [6, 6.07) is 12.2. The van der Waals surface area contributed by atoms with Gasteiger partial charge in [-0.05, 0) is 48.7 Å². The van der Waals surface area contributed by atoms with Crippen LogP contribution in [0.5, 0.6) is 0 Å². The zero-order valence-electron chi connectivity index (χ0n) is 16.1. The molecule has 0 radical (unpaired) electrons. The van der Waals surface area contributed by atoms with Crippen molar-refractivity contribution in [3.63, 3.8) is 0 Å². The molecule has 2 heterocycles. The Balaban J connectivity index is 1.63. The second-order valence-corrected chi connectivity index (χ2v) is 9.42. The van der Waals surface area contributed by atoms with E-state index in [2.05, 4.69) is 4.40 Å². The van der Waals surface area contributed by atoms with Gasteiger partial charge in [0, 0.05) is 37.1 Å². The summed E-state index contributed by atoms with van der Waals surface area (Å²) >= 11 is 5.91. The maximum absolute atomic E-state index is 12.9. The number of nitrogens with zero attached hydrogens (tertiary/aromatic N) is 3. The maximum Gasteiger partial charge on any atom is 0.286 e. The van der Waals surface area contributed by atoms with Crippen molar-refractivity contribution in [3.8, 4) is 0 Å². The van der Waals surface area contributed by atoms with Crippen LogP contribution in [0.3, 0.4) is 0 Å². The van der Waals surface area contributed by atoms with E-state index in [0.29, 0.717) is 35.1 Å². The number of carbonyl (C=O) groups excluding carboxylic acids is 1. The quantitative estimate of drug-likeness (QED) is 0.733. The molecular weight excluding hydrogens is 410 g/mol. The van der Waals surface area contributed by atoms with Crippen LogP contribution in [-0.4, -0.2) is 38.7 Å². The summed E-state index contributed by atoms with van der Waals surface area (Å²) in [6.45, 7) is 1.14. The number of fused-ring (bicyclic) bond motifs is 3. The normalized spacial score (nSPS) is 17.6. The van der Waals surface area contributed by atoms with Crippen molar-refractivity contribution in [1.29, 1.82) is 0 Å². The molecule has 8 heteroatoms. The lowest BCUT2D eigenvalue weighted by Gasteiger charge is -2.30. The van der Waals surface area contributed by atoms with Crippen LogP contribution in [0.4, 0.5) is 5.69 Å². The first-order valence-corrected chi connectivity index (χ1v) is 11.4. The number of amidine groups is 1. The second kappa shape index (κ2) is 7.80. The topological polar surface area (TPSA) is 70.0 Å². The molecule has 0 aliphatic carbocycles. The third-order valence-corrected chi connectivity index (χ3v) is 6.86. The monoisotopic (exact) mass is 431 g/mol. The van der Waals surface area contributed by atoms with Crippen molar-refractivity contribution in [2.75, 3.05) is 18.5 Å². The van der Waals surface area contributed by atoms with Gasteiger partial charge in [-0.25, -0.2) is 0 Å². The predicted molar refractivity (Wildman–Crippen MR) is 114 cm³/mol. The van der Waals surface area contributed by atoms with Crippen LogP contribution >= 0.6 is 11.6 Å². The van der Waals surface area contributed by atoms with Crippen LogP contribution in [0.2, 0.25) is 5.02 Å². The van der Waals surface area contributed by atoms with E-state index in [-0.39, 0.29) is 10.8 Å². The Labute approximate surface area is 175 Å². The molecule has 1 amide bonds. The fourth-order valence-electron chi connectivity index (χ4n) is 3.77. The molecule has 2 aliphatic heterocycles. The van der Waals surface area contributed by atoms with E-state index in [1.54, 1.807) is 36.2 Å². The van der Waals surface area contributed by atoms with Crippen LogP contribution in [0.25, 0.3) is 0 Å². The van der Waals surface area contributed by atoms with E-state index in [1.165, 1.54) is 6.07 Å². The summed E-state index contributed by atoms with van der Waals surface area (Å²) < 4.78 is 29.5. The van der Waals surface area contributed by atoms with Crippen LogP contribution in [0, 0.1) is 0 Å². The molecule has 1 saturated heterocycles. The van der Waals surface area contributed by atoms with Gasteiger partial charge in [0.2, 0.25) is 0 Å². The van der Waals surface area contributed by atoms with E-state index in [0.717, 1.165) is 31.4 Å². The summed E-state index contributed by atoms with van der Waals surface area (Å²) in [7, 11) is -2.12. The number of halogens is 1. The van der Waals surface area contributed by atoms with Gasteiger partial charge >= 0.3 is 0 Å². The van der Waals surface area contributed by atoms with Gasteiger partial charge in [-0.1, -0.05) is 30.2 Å². The molecule has 2 aromatic rings. The Kier molecular flexibility index (Phi) is 5.36. The van der Waals surface area contributed by atoms with Crippen LogP contribution in [0.15, 0.2) is 51.8 Å². The number of benzene rings is 2. The molecule has 4 rings (SSSR count). The van der Waals surface area contributed by atoms with Gasteiger partial charge in [-0.3, -0.25) is 4.79 Å². The van der Waals surface area contributed by atoms with Gasteiger partial charge < -0.3 is 9.80 Å². The first-order valence-electron chi connectivity index (χ1n) is 9.60. The summed E-state index contributed by atoms with van der Waals surface area (Å²) in [5, 5.41) is 0.635. The molecule has 6 nitrogen and oxygen atoms in total. The average Bonchev–Trinajstić information content (AvgIpc) is 2.93. The fraction of sp³-hybridized carbons (Fsp3) is 0.333. The molecular formula is C21H22ClN3O3S. The largest absolute Gasteiger partial charge is 0.337 e. The van der Waals surface area contributed by atoms with Gasteiger partial charge in [0.1, 0.15) is 10.7 Å². The summed E-state index contributed by atoms with van der Waals surface area (Å²) in [6.07, 6.45) is 3.63. The van der Waals surface area contributed by atoms with E-state index in [1.807, 2.05) is 17.0 Å². The van der Waals surface area contributed by atoms with Gasteiger partial charge in [0.25, 0.3) is 15.9 Å². The average molecular weight is 432 g/mol. The molecule has 152 valence electrons. The molecule has 0 atom stereocenters. The van der Waals surface area contributed by atoms with E-state index in [4.69, 9.17) is 11.6 Å². The highest BCUT2D eigenvalue weighted by molar-refractivity contribution is 7.90. The van der Waals surface area contributed by atoms with E-state index < -0.39 is 10.0 Å². The number of amides is 1. The summed E-state index contributed by atoms with van der Waals surface area (Å²) in [5.74, 6) is 0.359. The lowest BCUT2D eigenvalue weighted by atomic mass is 10.1. The SMILES string of the molecule is CN(Cc1ccc(Cl)cc1)C(=O)c1ccc2c(c1)S(=O)(=O)N=C1CCCCCN12. The van der Waals surface area contributed by atoms with Crippen LogP contribution in [0.1, 0.15) is 41.6 Å². The van der Waals surface area contributed by atoms with Gasteiger partial charge in [0.05, 0.1) is 5.69 Å². The van der Waals surface area contributed by atoms with E-state index in [9.17, 15) is 13.2 Å². The van der Waals surface area contributed by atoms with Crippen LogP contribution < -0.4 is 4.90 Å². The molecule has 29 heavy (non-hydrogen) atoms. The molecule has 0 N–H and O–H groups in total. The Morgan fingerprint density at radius 1 is 1.14 bits per heavy atom. The molecule has 0 unspecified atom stereocenters. The van der Waals surface area contributed by atoms with Crippen molar-refractivity contribution < 1.29 is 13.2 Å². The zero-order valence-corrected chi connectivity index (χ0v) is 17.7. The van der Waals surface area contributed by atoms with Crippen molar-refractivity contribution in [2.45, 2.75) is 37.1 Å². The Morgan fingerprint density at radius 2 is 1.90 bits per heavy atom. The van der Waals surface area contributed by atoms with E-state index >= 15 is 0 Å². The van der Waals surface area contributed by atoms with Gasteiger partial charge in [-0.2, -0.15) is 8.42 Å². The van der Waals surface area contributed by atoms with Gasteiger partial charge in [0.15, 0.2) is 0 Å². The number of sulfonamides is 1. The number of carbonyl (C=O) groups is 1. The van der Waals surface area contributed by atoms with Crippen molar-refractivity contribution in [1.82, 2.24) is 4.90 Å². The number of hydrogen-bond acceptors (Lipinski definition) is 4. The minimum absolute atomic E-state index is 0.105. The molecule has 0 aromatic heterocycles. The molecule has 0 bridgehead atoms. The minimum Gasteiger partial charge on any atom is -0.337 e. The first kappa shape index (κ1) is 19.9. The maximum atomic E-state index is 12.9. The van der Waals surface area contributed by atoms with Crippen molar-refractivity contribution >= 4 is 39.1 Å². The van der Waals surface area contributed by atoms with Crippen molar-refractivity contribution in [3.05, 3.63) is 58.6 Å². The zero-order chi connectivity index (χ0) is 20.6. The fourth-order valence-corrected chi connectivity index (χ4v) is 5.18. The van der Waals surface area contributed by atoms with Crippen molar-refractivity contribution in [2.24, 2.45) is 4.40 Å². The highest BCUT2D eigenvalue weighted by Crippen LogP contribution is 2.35. The number of anilines is 1. The summed E-state index contributed by atoms with van der Waals surface area (Å²) in [5.41, 5.74) is 1.89. The lowest BCUT2D eigenvalue weighted by Crippen LogP contribution is -2.35. The molecule has 2 aromatic carbocycles. The molecule has 0 spiro atoms. The second-order valence-electron chi connectivity index (χ2n) is 7.42. The minimum atomic E-state index is -3.81. The smallest absolute Gasteiger partial charge is 0.286 e. The standard InChI is InChI=1S/C21H22ClN3O3S/c1-24(14-15-6-9-17(22)10-7-15)21(26)16-8-11-18-19(13-16)29(27,28)23-20-5-3-2-4-12-25(18)20/h6-11,13H,2-5,12,14H2,1H3. The Morgan fingerprint density at radius 3 is 2.66 bits per heavy atom. The molecule has 0 saturated carbocycles. The Bertz CT molecular complexity index is 1080.